The van der Waals surface area contributed by atoms with Gasteiger partial charge in [0.2, 0.25) is 5.91 Å². The van der Waals surface area contributed by atoms with E-state index in [0.717, 1.165) is 39.7 Å². The van der Waals surface area contributed by atoms with Crippen molar-refractivity contribution in [3.05, 3.63) is 77.8 Å². The van der Waals surface area contributed by atoms with Gasteiger partial charge in [-0.05, 0) is 61.2 Å². The normalized spacial score (nSPS) is 11.8. The number of pyridine rings is 1. The van der Waals surface area contributed by atoms with Gasteiger partial charge in [0.25, 0.3) is 0 Å². The zero-order valence-corrected chi connectivity index (χ0v) is 19.0. The van der Waals surface area contributed by atoms with Crippen LogP contribution in [0.2, 0.25) is 0 Å². The van der Waals surface area contributed by atoms with Crippen LogP contribution >= 0.6 is 0 Å². The van der Waals surface area contributed by atoms with Gasteiger partial charge in [0.1, 0.15) is 23.7 Å². The van der Waals surface area contributed by atoms with Crippen LogP contribution in [0.15, 0.2) is 60.7 Å². The Hall–Kier alpha value is -3.47. The van der Waals surface area contributed by atoms with E-state index in [4.69, 9.17) is 9.72 Å². The number of halogens is 1. The topological polar surface area (TPSA) is 51.2 Å². The number of nitrogens with zero attached hydrogens (tertiary/aromatic N) is 1. The number of carbonyl (C=O) groups excluding carboxylic acids is 1. The number of aryl methyl sites for hydroxylation is 1. The van der Waals surface area contributed by atoms with E-state index in [9.17, 15) is 9.18 Å². The third kappa shape index (κ3) is 5.41. The van der Waals surface area contributed by atoms with Crippen molar-refractivity contribution in [3.8, 4) is 16.9 Å². The standard InChI is InChI=1S/C27H29FN2O2/c1-5-7-10-20(6-2)25-15-18(3)23-16-21(22-11-8-9-12-24(22)28)17-26(27(23)30-25)32-14-13-29-19(4)31/h5,7-12,15-17H,6,13-14H2,1-4H3,(H,29,31)/b7-5-,20-10+. The number of aromatic nitrogens is 1. The summed E-state index contributed by atoms with van der Waals surface area (Å²) in [6, 6.07) is 12.5. The molecule has 32 heavy (non-hydrogen) atoms. The van der Waals surface area contributed by atoms with Crippen LogP contribution < -0.4 is 10.1 Å². The van der Waals surface area contributed by atoms with Crippen molar-refractivity contribution in [1.82, 2.24) is 10.3 Å². The molecule has 2 aromatic carbocycles. The highest BCUT2D eigenvalue weighted by atomic mass is 19.1. The molecule has 0 unspecified atom stereocenters. The fourth-order valence-electron chi connectivity index (χ4n) is 3.57. The molecular weight excluding hydrogens is 403 g/mol. The van der Waals surface area contributed by atoms with E-state index in [2.05, 4.69) is 24.4 Å². The average molecular weight is 433 g/mol. The zero-order valence-electron chi connectivity index (χ0n) is 19.0. The summed E-state index contributed by atoms with van der Waals surface area (Å²) in [5, 5.41) is 3.64. The van der Waals surface area contributed by atoms with E-state index in [-0.39, 0.29) is 18.3 Å². The molecule has 0 spiro atoms. The highest BCUT2D eigenvalue weighted by Gasteiger charge is 2.15. The van der Waals surface area contributed by atoms with Crippen LogP contribution in [0.5, 0.6) is 5.75 Å². The summed E-state index contributed by atoms with van der Waals surface area (Å²) in [5.74, 6) is 0.162. The Morgan fingerprint density at radius 1 is 1.22 bits per heavy atom. The lowest BCUT2D eigenvalue weighted by Crippen LogP contribution is -2.25. The highest BCUT2D eigenvalue weighted by Crippen LogP contribution is 2.35. The van der Waals surface area contributed by atoms with Crippen molar-refractivity contribution in [2.75, 3.05) is 13.2 Å². The van der Waals surface area contributed by atoms with Crippen LogP contribution in [0, 0.1) is 12.7 Å². The molecule has 1 N–H and O–H groups in total. The van der Waals surface area contributed by atoms with Crippen LogP contribution in [0.25, 0.3) is 27.6 Å². The molecule has 0 fully saturated rings. The number of carbonyl (C=O) groups is 1. The van der Waals surface area contributed by atoms with Crippen molar-refractivity contribution in [1.29, 1.82) is 0 Å². The number of benzene rings is 2. The van der Waals surface area contributed by atoms with Crippen LogP contribution in [-0.2, 0) is 4.79 Å². The van der Waals surface area contributed by atoms with Gasteiger partial charge in [-0.1, -0.05) is 43.4 Å². The first-order valence-electron chi connectivity index (χ1n) is 10.8. The summed E-state index contributed by atoms with van der Waals surface area (Å²) in [7, 11) is 0. The van der Waals surface area contributed by atoms with Gasteiger partial charge in [-0.15, -0.1) is 0 Å². The minimum absolute atomic E-state index is 0.114. The molecule has 3 aromatic rings. The van der Waals surface area contributed by atoms with Gasteiger partial charge in [-0.25, -0.2) is 9.37 Å². The Balaban J connectivity index is 2.16. The summed E-state index contributed by atoms with van der Waals surface area (Å²) >= 11 is 0. The smallest absolute Gasteiger partial charge is 0.216 e. The lowest BCUT2D eigenvalue weighted by atomic mass is 9.98. The lowest BCUT2D eigenvalue weighted by Gasteiger charge is -2.15. The molecule has 0 aliphatic rings. The van der Waals surface area contributed by atoms with Crippen LogP contribution in [-0.4, -0.2) is 24.0 Å². The maximum absolute atomic E-state index is 14.5. The van der Waals surface area contributed by atoms with Gasteiger partial charge in [0.15, 0.2) is 0 Å². The summed E-state index contributed by atoms with van der Waals surface area (Å²) in [4.78, 5) is 16.1. The van der Waals surface area contributed by atoms with Crippen LogP contribution in [0.4, 0.5) is 4.39 Å². The first kappa shape index (κ1) is 23.2. The van der Waals surface area contributed by atoms with Gasteiger partial charge in [-0.2, -0.15) is 0 Å². The van der Waals surface area contributed by atoms with Crippen molar-refractivity contribution < 1.29 is 13.9 Å². The number of rotatable bonds is 8. The minimum atomic E-state index is -0.291. The Labute approximate surface area is 188 Å². The molecule has 1 aromatic heterocycles. The number of hydrogen-bond acceptors (Lipinski definition) is 3. The summed E-state index contributed by atoms with van der Waals surface area (Å²) in [6.45, 7) is 8.24. The SMILES string of the molecule is C/C=C\C=C(/CC)c1cc(C)c2cc(-c3ccccc3F)cc(OCCNC(C)=O)c2n1. The van der Waals surface area contributed by atoms with Gasteiger partial charge in [0.05, 0.1) is 12.2 Å². The van der Waals surface area contributed by atoms with Gasteiger partial charge in [0, 0.05) is 17.9 Å². The lowest BCUT2D eigenvalue weighted by molar-refractivity contribution is -0.119. The summed E-state index contributed by atoms with van der Waals surface area (Å²) < 4.78 is 20.6. The van der Waals surface area contributed by atoms with Crippen LogP contribution in [0.1, 0.15) is 38.4 Å². The first-order valence-corrected chi connectivity index (χ1v) is 10.8. The molecule has 1 amide bonds. The zero-order chi connectivity index (χ0) is 23.1. The van der Waals surface area contributed by atoms with E-state index < -0.39 is 0 Å². The quantitative estimate of drug-likeness (QED) is 0.339. The monoisotopic (exact) mass is 432 g/mol. The van der Waals surface area contributed by atoms with Crippen molar-refractivity contribution in [2.45, 2.75) is 34.1 Å². The second-order valence-electron chi connectivity index (χ2n) is 7.58. The summed E-state index contributed by atoms with van der Waals surface area (Å²) in [5.41, 5.74) is 5.00. The molecule has 0 atom stereocenters. The number of nitrogens with one attached hydrogen (secondary N) is 1. The predicted octanol–water partition coefficient (Wildman–Crippen LogP) is 6.23. The minimum Gasteiger partial charge on any atom is -0.489 e. The van der Waals surface area contributed by atoms with Gasteiger partial charge in [-0.3, -0.25) is 4.79 Å². The third-order valence-electron chi connectivity index (χ3n) is 5.20. The largest absolute Gasteiger partial charge is 0.489 e. The fraction of sp³-hybridized carbons (Fsp3) is 0.259. The number of hydrogen-bond donors (Lipinski definition) is 1. The molecule has 0 aliphatic heterocycles. The fourth-order valence-corrected chi connectivity index (χ4v) is 3.57. The second kappa shape index (κ2) is 10.7. The van der Waals surface area contributed by atoms with E-state index in [1.165, 1.54) is 13.0 Å². The van der Waals surface area contributed by atoms with E-state index in [0.29, 0.717) is 17.9 Å². The maximum Gasteiger partial charge on any atom is 0.216 e. The molecule has 0 aliphatic carbocycles. The van der Waals surface area contributed by atoms with E-state index in [1.807, 2.05) is 44.2 Å². The Bertz CT molecular complexity index is 1180. The molecule has 0 bridgehead atoms. The Morgan fingerprint density at radius 3 is 2.69 bits per heavy atom. The molecule has 0 saturated heterocycles. The van der Waals surface area contributed by atoms with Gasteiger partial charge < -0.3 is 10.1 Å². The molecule has 0 saturated carbocycles. The first-order chi connectivity index (χ1) is 15.4. The molecule has 0 radical (unpaired) electrons. The Morgan fingerprint density at radius 2 is 2.00 bits per heavy atom. The molecule has 1 heterocycles. The van der Waals surface area contributed by atoms with E-state index >= 15 is 0 Å². The molecule has 3 rings (SSSR count). The maximum atomic E-state index is 14.5. The number of amides is 1. The molecule has 4 nitrogen and oxygen atoms in total. The highest BCUT2D eigenvalue weighted by molar-refractivity contribution is 5.93. The summed E-state index contributed by atoms with van der Waals surface area (Å²) in [6.07, 6.45) is 6.90. The number of allylic oxidation sites excluding steroid dienone is 4. The predicted molar refractivity (Wildman–Crippen MR) is 129 cm³/mol. The molecule has 166 valence electrons. The number of ether oxygens (including phenoxy) is 1. The Kier molecular flexibility index (Phi) is 7.77. The van der Waals surface area contributed by atoms with Crippen molar-refractivity contribution >= 4 is 22.4 Å². The van der Waals surface area contributed by atoms with Gasteiger partial charge >= 0.3 is 0 Å². The third-order valence-corrected chi connectivity index (χ3v) is 5.20. The average Bonchev–Trinajstić information content (AvgIpc) is 2.77. The molecule has 5 heteroatoms. The van der Waals surface area contributed by atoms with Crippen molar-refractivity contribution in [2.24, 2.45) is 0 Å². The van der Waals surface area contributed by atoms with E-state index in [1.54, 1.807) is 12.1 Å². The number of fused-ring (bicyclic) bond motifs is 1. The molecular formula is C27H29FN2O2. The second-order valence-corrected chi connectivity index (χ2v) is 7.58. The van der Waals surface area contributed by atoms with Crippen LogP contribution in [0.3, 0.4) is 0 Å². The van der Waals surface area contributed by atoms with Crippen molar-refractivity contribution in [3.63, 3.8) is 0 Å².